The third-order valence-corrected chi connectivity index (χ3v) is 6.60. The van der Waals surface area contributed by atoms with Gasteiger partial charge in [-0.05, 0) is 37.0 Å². The number of fused-ring (bicyclic) bond motifs is 1. The van der Waals surface area contributed by atoms with Crippen molar-refractivity contribution >= 4 is 15.8 Å². The summed E-state index contributed by atoms with van der Waals surface area (Å²) in [6, 6.07) is 6.95. The Morgan fingerprint density at radius 2 is 1.86 bits per heavy atom. The second kappa shape index (κ2) is 5.63. The quantitative estimate of drug-likeness (QED) is 0.842. The van der Waals surface area contributed by atoms with Gasteiger partial charge < -0.3 is 0 Å². The number of nitrogens with zero attached hydrogens (tertiary/aromatic N) is 1. The lowest BCUT2D eigenvalue weighted by molar-refractivity contribution is -0.114. The van der Waals surface area contributed by atoms with E-state index in [-0.39, 0.29) is 17.6 Å². The molecular formula is C17H21NO3S. The van der Waals surface area contributed by atoms with Crippen molar-refractivity contribution in [1.82, 2.24) is 4.31 Å². The lowest BCUT2D eigenvalue weighted by atomic mass is 9.95. The molecule has 2 atom stereocenters. The monoisotopic (exact) mass is 319 g/mol. The zero-order valence-electron chi connectivity index (χ0n) is 13.0. The molecule has 2 aliphatic rings. The van der Waals surface area contributed by atoms with E-state index in [1.165, 1.54) is 0 Å². The summed E-state index contributed by atoms with van der Waals surface area (Å²) >= 11 is 0. The molecule has 0 aromatic heterocycles. The van der Waals surface area contributed by atoms with Crippen molar-refractivity contribution in [3.63, 3.8) is 0 Å². The molecule has 1 heterocycles. The number of sulfonamides is 1. The number of benzene rings is 1. The number of aryl methyl sites for hydroxylation is 1. The van der Waals surface area contributed by atoms with Gasteiger partial charge >= 0.3 is 0 Å². The number of hydrogen-bond donors (Lipinski definition) is 0. The fraction of sp³-hybridized carbons (Fsp3) is 0.471. The smallest absolute Gasteiger partial charge is 0.243 e. The van der Waals surface area contributed by atoms with Crippen LogP contribution in [0.1, 0.15) is 25.3 Å². The number of rotatable bonds is 2. The second-order valence-electron chi connectivity index (χ2n) is 6.34. The minimum Gasteiger partial charge on any atom is -0.295 e. The molecule has 118 valence electrons. The van der Waals surface area contributed by atoms with Crippen LogP contribution in [0.25, 0.3) is 0 Å². The molecule has 0 saturated heterocycles. The first kappa shape index (κ1) is 15.4. The molecule has 4 nitrogen and oxygen atoms in total. The predicted molar refractivity (Wildman–Crippen MR) is 84.9 cm³/mol. The Morgan fingerprint density at radius 3 is 2.55 bits per heavy atom. The molecule has 1 aromatic carbocycles. The van der Waals surface area contributed by atoms with E-state index in [0.29, 0.717) is 30.8 Å². The van der Waals surface area contributed by atoms with E-state index in [2.05, 4.69) is 0 Å². The summed E-state index contributed by atoms with van der Waals surface area (Å²) in [5.74, 6) is 0.440. The van der Waals surface area contributed by atoms with Gasteiger partial charge in [0.25, 0.3) is 0 Å². The highest BCUT2D eigenvalue weighted by Gasteiger charge is 2.39. The number of hydrogen-bond acceptors (Lipinski definition) is 3. The first-order valence-corrected chi connectivity index (χ1v) is 9.13. The normalized spacial score (nSPS) is 26.5. The minimum atomic E-state index is -3.49. The summed E-state index contributed by atoms with van der Waals surface area (Å²) in [6.07, 6.45) is 3.09. The molecule has 0 bridgehead atoms. The second-order valence-corrected chi connectivity index (χ2v) is 8.27. The molecule has 1 saturated carbocycles. The average Bonchev–Trinajstić information content (AvgIpc) is 2.67. The SMILES string of the molecule is Cc1ccc(S(=O)(=O)N2CCC=C3C(=O)C[C@@H](C)[C@@H]3C2)cc1. The molecule has 5 heteroatoms. The molecule has 0 radical (unpaired) electrons. The van der Waals surface area contributed by atoms with E-state index in [1.807, 2.05) is 32.1 Å². The van der Waals surface area contributed by atoms with Crippen LogP contribution in [0.5, 0.6) is 0 Å². The van der Waals surface area contributed by atoms with Crippen molar-refractivity contribution in [2.75, 3.05) is 13.1 Å². The molecule has 3 rings (SSSR count). The molecule has 1 aromatic rings. The van der Waals surface area contributed by atoms with Crippen LogP contribution in [0.4, 0.5) is 0 Å². The molecule has 1 fully saturated rings. The van der Waals surface area contributed by atoms with Gasteiger partial charge in [-0.25, -0.2) is 8.42 Å². The highest BCUT2D eigenvalue weighted by Crippen LogP contribution is 2.37. The van der Waals surface area contributed by atoms with Gasteiger partial charge in [0.1, 0.15) is 0 Å². The Balaban J connectivity index is 1.90. The molecular weight excluding hydrogens is 298 g/mol. The number of Topliss-reactive ketones (excluding diaryl/α,β-unsaturated/α-hetero) is 1. The van der Waals surface area contributed by atoms with Gasteiger partial charge in [-0.2, -0.15) is 4.31 Å². The Bertz CT molecular complexity index is 719. The first-order chi connectivity index (χ1) is 10.4. The Hall–Kier alpha value is -1.46. The first-order valence-electron chi connectivity index (χ1n) is 7.69. The van der Waals surface area contributed by atoms with E-state index in [0.717, 1.165) is 11.1 Å². The maximum absolute atomic E-state index is 12.8. The predicted octanol–water partition coefficient (Wildman–Crippen LogP) is 2.54. The van der Waals surface area contributed by atoms with Crippen LogP contribution in [0.15, 0.2) is 40.8 Å². The third kappa shape index (κ3) is 2.63. The van der Waals surface area contributed by atoms with Crippen LogP contribution < -0.4 is 0 Å². The zero-order valence-corrected chi connectivity index (χ0v) is 13.8. The van der Waals surface area contributed by atoms with Gasteiger partial charge in [0.15, 0.2) is 5.78 Å². The molecule has 0 N–H and O–H groups in total. The summed E-state index contributed by atoms with van der Waals surface area (Å²) in [5, 5.41) is 0. The van der Waals surface area contributed by atoms with E-state index in [4.69, 9.17) is 0 Å². The molecule has 0 spiro atoms. The van der Waals surface area contributed by atoms with Gasteiger partial charge in [-0.3, -0.25) is 4.79 Å². The van der Waals surface area contributed by atoms with Gasteiger partial charge in [0.05, 0.1) is 4.90 Å². The highest BCUT2D eigenvalue weighted by atomic mass is 32.2. The van der Waals surface area contributed by atoms with Crippen LogP contribution >= 0.6 is 0 Å². The van der Waals surface area contributed by atoms with Gasteiger partial charge in [0, 0.05) is 25.4 Å². The van der Waals surface area contributed by atoms with Crippen LogP contribution in [0, 0.1) is 18.8 Å². The molecule has 22 heavy (non-hydrogen) atoms. The summed E-state index contributed by atoms with van der Waals surface area (Å²) in [4.78, 5) is 12.3. The van der Waals surface area contributed by atoms with Gasteiger partial charge in [-0.1, -0.05) is 30.7 Å². The Morgan fingerprint density at radius 1 is 1.18 bits per heavy atom. The van der Waals surface area contributed by atoms with Crippen LogP contribution in [0.3, 0.4) is 0 Å². The summed E-state index contributed by atoms with van der Waals surface area (Å²) in [7, 11) is -3.49. The molecule has 1 aliphatic carbocycles. The molecule has 0 amide bonds. The molecule has 0 unspecified atom stereocenters. The van der Waals surface area contributed by atoms with E-state index in [1.54, 1.807) is 16.4 Å². The Kier molecular flexibility index (Phi) is 3.95. The lowest BCUT2D eigenvalue weighted by Gasteiger charge is -2.25. The van der Waals surface area contributed by atoms with Crippen LogP contribution in [-0.4, -0.2) is 31.6 Å². The summed E-state index contributed by atoms with van der Waals surface area (Å²) < 4.78 is 27.2. The van der Waals surface area contributed by atoms with Crippen molar-refractivity contribution in [3.05, 3.63) is 41.5 Å². The van der Waals surface area contributed by atoms with Crippen LogP contribution in [-0.2, 0) is 14.8 Å². The fourth-order valence-electron chi connectivity index (χ4n) is 3.36. The van der Waals surface area contributed by atoms with Crippen molar-refractivity contribution in [2.45, 2.75) is 31.6 Å². The lowest BCUT2D eigenvalue weighted by Crippen LogP contribution is -2.36. The van der Waals surface area contributed by atoms with Crippen LogP contribution in [0.2, 0.25) is 0 Å². The van der Waals surface area contributed by atoms with Crippen molar-refractivity contribution in [3.8, 4) is 0 Å². The maximum Gasteiger partial charge on any atom is 0.243 e. The maximum atomic E-state index is 12.8. The summed E-state index contributed by atoms with van der Waals surface area (Å²) in [5.41, 5.74) is 1.88. The zero-order chi connectivity index (χ0) is 15.9. The minimum absolute atomic E-state index is 0.0372. The Labute approximate surface area is 131 Å². The molecule has 1 aliphatic heterocycles. The van der Waals surface area contributed by atoms with Gasteiger partial charge in [-0.15, -0.1) is 0 Å². The van der Waals surface area contributed by atoms with E-state index in [9.17, 15) is 13.2 Å². The van der Waals surface area contributed by atoms with Crippen molar-refractivity contribution < 1.29 is 13.2 Å². The largest absolute Gasteiger partial charge is 0.295 e. The highest BCUT2D eigenvalue weighted by molar-refractivity contribution is 7.89. The van der Waals surface area contributed by atoms with E-state index >= 15 is 0 Å². The summed E-state index contributed by atoms with van der Waals surface area (Å²) in [6.45, 7) is 4.82. The third-order valence-electron chi connectivity index (χ3n) is 4.72. The standard InChI is InChI=1S/C17H21NO3S/c1-12-5-7-14(8-6-12)22(20,21)18-9-3-4-15-16(11-18)13(2)10-17(15)19/h4-8,13,16H,3,9-11H2,1-2H3/t13-,16+/m1/s1. The number of ketones is 1. The topological polar surface area (TPSA) is 54.5 Å². The number of carbonyl (C=O) groups is 1. The fourth-order valence-corrected chi connectivity index (χ4v) is 4.84. The number of carbonyl (C=O) groups excluding carboxylic acids is 1. The van der Waals surface area contributed by atoms with Crippen molar-refractivity contribution in [2.24, 2.45) is 11.8 Å². The van der Waals surface area contributed by atoms with E-state index < -0.39 is 10.0 Å². The average molecular weight is 319 g/mol. The van der Waals surface area contributed by atoms with Crippen molar-refractivity contribution in [1.29, 1.82) is 0 Å². The van der Waals surface area contributed by atoms with Gasteiger partial charge in [0.2, 0.25) is 10.0 Å².